The SMILES string of the molecule is CC(C)(C)OC(=O)N(Cc1ccccc1)[C@H]1CC=C(B2OC(C)(C)C(C)(C)O2)CC1. The second-order valence-electron chi connectivity index (χ2n) is 10.4. The van der Waals surface area contributed by atoms with E-state index in [0.29, 0.717) is 6.54 Å². The van der Waals surface area contributed by atoms with E-state index >= 15 is 0 Å². The summed E-state index contributed by atoms with van der Waals surface area (Å²) in [5, 5.41) is 0. The van der Waals surface area contributed by atoms with E-state index in [1.54, 1.807) is 0 Å². The zero-order valence-corrected chi connectivity index (χ0v) is 19.5. The summed E-state index contributed by atoms with van der Waals surface area (Å²) in [5.74, 6) is 0. The molecule has 5 nitrogen and oxygen atoms in total. The van der Waals surface area contributed by atoms with Crippen LogP contribution in [0, 0.1) is 0 Å². The normalized spacial score (nSPS) is 23.1. The lowest BCUT2D eigenvalue weighted by Crippen LogP contribution is -2.44. The summed E-state index contributed by atoms with van der Waals surface area (Å²) in [7, 11) is -0.306. The van der Waals surface area contributed by atoms with Crippen molar-refractivity contribution in [3.63, 3.8) is 0 Å². The summed E-state index contributed by atoms with van der Waals surface area (Å²) in [4.78, 5) is 14.9. The second kappa shape index (κ2) is 8.39. The highest BCUT2D eigenvalue weighted by Gasteiger charge is 2.52. The zero-order chi connectivity index (χ0) is 22.2. The van der Waals surface area contributed by atoms with Gasteiger partial charge in [-0.25, -0.2) is 4.79 Å². The Morgan fingerprint density at radius 2 is 1.73 bits per heavy atom. The average molecular weight is 413 g/mol. The predicted molar refractivity (Wildman–Crippen MR) is 120 cm³/mol. The number of benzene rings is 1. The molecule has 1 saturated heterocycles. The van der Waals surface area contributed by atoms with Crippen molar-refractivity contribution in [2.75, 3.05) is 0 Å². The van der Waals surface area contributed by atoms with Crippen LogP contribution in [-0.4, -0.2) is 41.0 Å². The van der Waals surface area contributed by atoms with Crippen LogP contribution >= 0.6 is 0 Å². The van der Waals surface area contributed by atoms with Gasteiger partial charge in [-0.2, -0.15) is 0 Å². The largest absolute Gasteiger partial charge is 0.490 e. The highest BCUT2D eigenvalue weighted by Crippen LogP contribution is 2.40. The van der Waals surface area contributed by atoms with Crippen LogP contribution in [0.4, 0.5) is 4.79 Å². The second-order valence-corrected chi connectivity index (χ2v) is 10.4. The van der Waals surface area contributed by atoms with Crippen molar-refractivity contribution in [1.82, 2.24) is 4.90 Å². The first-order chi connectivity index (χ1) is 13.9. The molecule has 3 rings (SSSR count). The Bertz CT molecular complexity index is 766. The summed E-state index contributed by atoms with van der Waals surface area (Å²) in [5.41, 5.74) is 1.07. The maximum atomic E-state index is 13.0. The van der Waals surface area contributed by atoms with Crippen molar-refractivity contribution in [1.29, 1.82) is 0 Å². The molecule has 1 amide bonds. The van der Waals surface area contributed by atoms with Gasteiger partial charge in [0.05, 0.1) is 11.2 Å². The monoisotopic (exact) mass is 413 g/mol. The van der Waals surface area contributed by atoms with Gasteiger partial charge in [0.15, 0.2) is 0 Å². The quantitative estimate of drug-likeness (QED) is 0.609. The molecule has 1 atom stereocenters. The number of hydrogen-bond acceptors (Lipinski definition) is 4. The van der Waals surface area contributed by atoms with E-state index in [4.69, 9.17) is 14.0 Å². The van der Waals surface area contributed by atoms with Crippen molar-refractivity contribution < 1.29 is 18.8 Å². The third-order valence-corrected chi connectivity index (χ3v) is 6.24. The highest BCUT2D eigenvalue weighted by molar-refractivity contribution is 6.54. The molecule has 0 unspecified atom stereocenters. The van der Waals surface area contributed by atoms with Crippen molar-refractivity contribution in [3.8, 4) is 0 Å². The van der Waals surface area contributed by atoms with E-state index < -0.39 is 5.60 Å². The molecule has 0 N–H and O–H groups in total. The first-order valence-electron chi connectivity index (χ1n) is 11.0. The number of carbonyl (C=O) groups is 1. The van der Waals surface area contributed by atoms with Gasteiger partial charge in [0.25, 0.3) is 0 Å². The molecule has 1 aromatic carbocycles. The summed E-state index contributed by atoms with van der Waals surface area (Å²) in [6.45, 7) is 14.5. The highest BCUT2D eigenvalue weighted by atomic mass is 16.7. The van der Waals surface area contributed by atoms with Gasteiger partial charge in [-0.05, 0) is 78.8 Å². The molecule has 2 aliphatic rings. The van der Waals surface area contributed by atoms with Crippen molar-refractivity contribution >= 4 is 13.2 Å². The van der Waals surface area contributed by atoms with E-state index in [2.05, 4.69) is 33.8 Å². The third-order valence-electron chi connectivity index (χ3n) is 6.24. The van der Waals surface area contributed by atoms with E-state index in [0.717, 1.165) is 24.8 Å². The predicted octanol–water partition coefficient (Wildman–Crippen LogP) is 5.53. The van der Waals surface area contributed by atoms with Gasteiger partial charge in [0.1, 0.15) is 5.60 Å². The number of amides is 1. The van der Waals surface area contributed by atoms with Crippen LogP contribution < -0.4 is 0 Å². The maximum Gasteiger partial charge on any atom is 0.490 e. The maximum absolute atomic E-state index is 13.0. The standard InChI is InChI=1S/C24H36BNO4/c1-22(2,3)28-21(27)26(17-18-11-9-8-10-12-18)20-15-13-19(14-16-20)25-29-23(4,5)24(6,7)30-25/h8-13,20H,14-17H2,1-7H3/t20-/m0/s1. The molecule has 1 aliphatic heterocycles. The van der Waals surface area contributed by atoms with Crippen LogP contribution in [0.1, 0.15) is 73.3 Å². The third kappa shape index (κ3) is 5.27. The minimum atomic E-state index is -0.523. The van der Waals surface area contributed by atoms with Gasteiger partial charge < -0.3 is 18.9 Å². The first-order valence-corrected chi connectivity index (χ1v) is 11.0. The van der Waals surface area contributed by atoms with Crippen molar-refractivity contribution in [3.05, 3.63) is 47.4 Å². The van der Waals surface area contributed by atoms with E-state index in [-0.39, 0.29) is 30.5 Å². The summed E-state index contributed by atoms with van der Waals surface area (Å²) >= 11 is 0. The van der Waals surface area contributed by atoms with Gasteiger partial charge in [-0.3, -0.25) is 0 Å². The fourth-order valence-electron chi connectivity index (χ4n) is 3.78. The fourth-order valence-corrected chi connectivity index (χ4v) is 3.78. The fraction of sp³-hybridized carbons (Fsp3) is 0.625. The van der Waals surface area contributed by atoms with Gasteiger partial charge in [0, 0.05) is 12.6 Å². The van der Waals surface area contributed by atoms with Gasteiger partial charge >= 0.3 is 13.2 Å². The smallest absolute Gasteiger partial charge is 0.444 e. The number of rotatable bonds is 4. The van der Waals surface area contributed by atoms with Crippen LogP contribution in [0.25, 0.3) is 0 Å². The molecule has 1 aliphatic carbocycles. The van der Waals surface area contributed by atoms with E-state index in [9.17, 15) is 4.79 Å². The molecule has 164 valence electrons. The lowest BCUT2D eigenvalue weighted by Gasteiger charge is -2.35. The van der Waals surface area contributed by atoms with Gasteiger partial charge in [-0.15, -0.1) is 0 Å². The molecule has 1 heterocycles. The topological polar surface area (TPSA) is 48.0 Å². The van der Waals surface area contributed by atoms with Crippen LogP contribution in [0.3, 0.4) is 0 Å². The van der Waals surface area contributed by atoms with Gasteiger partial charge in [0.2, 0.25) is 0 Å². The minimum absolute atomic E-state index is 0.0891. The molecular formula is C24H36BNO4. The molecule has 6 heteroatoms. The summed E-state index contributed by atoms with van der Waals surface area (Å²) < 4.78 is 18.1. The Labute approximate surface area is 181 Å². The van der Waals surface area contributed by atoms with Crippen molar-refractivity contribution in [2.24, 2.45) is 0 Å². The molecule has 0 aromatic heterocycles. The van der Waals surface area contributed by atoms with Gasteiger partial charge in [-0.1, -0.05) is 36.4 Å². The lowest BCUT2D eigenvalue weighted by atomic mass is 9.71. The number of nitrogens with zero attached hydrogens (tertiary/aromatic N) is 1. The van der Waals surface area contributed by atoms with Crippen LogP contribution in [-0.2, 0) is 20.6 Å². The minimum Gasteiger partial charge on any atom is -0.444 e. The molecule has 0 radical (unpaired) electrons. The number of ether oxygens (including phenoxy) is 1. The van der Waals surface area contributed by atoms with E-state index in [1.807, 2.05) is 56.0 Å². The number of hydrogen-bond donors (Lipinski definition) is 0. The zero-order valence-electron chi connectivity index (χ0n) is 19.5. The Kier molecular flexibility index (Phi) is 6.40. The Morgan fingerprint density at radius 1 is 1.13 bits per heavy atom. The summed E-state index contributed by atoms with van der Waals surface area (Å²) in [6, 6.07) is 10.2. The molecule has 0 spiro atoms. The molecule has 30 heavy (non-hydrogen) atoms. The number of allylic oxidation sites excluding steroid dienone is 1. The molecular weight excluding hydrogens is 377 g/mol. The van der Waals surface area contributed by atoms with Crippen LogP contribution in [0.15, 0.2) is 41.9 Å². The van der Waals surface area contributed by atoms with E-state index in [1.165, 1.54) is 5.47 Å². The number of carbonyl (C=O) groups excluding carboxylic acids is 1. The molecule has 1 fully saturated rings. The van der Waals surface area contributed by atoms with Crippen LogP contribution in [0.2, 0.25) is 0 Å². The Balaban J connectivity index is 1.73. The first kappa shape index (κ1) is 22.9. The Morgan fingerprint density at radius 3 is 2.23 bits per heavy atom. The molecule has 0 bridgehead atoms. The summed E-state index contributed by atoms with van der Waals surface area (Å²) in [6.07, 6.45) is 4.41. The van der Waals surface area contributed by atoms with Crippen LogP contribution in [0.5, 0.6) is 0 Å². The van der Waals surface area contributed by atoms with Crippen molar-refractivity contribution in [2.45, 2.75) is 97.1 Å². The lowest BCUT2D eigenvalue weighted by molar-refractivity contribution is 0.00578. The molecule has 0 saturated carbocycles. The molecule has 1 aromatic rings. The average Bonchev–Trinajstić information content (AvgIpc) is 2.87. The Hall–Kier alpha value is -1.79.